The molecule has 2 aromatic heterocycles. The fourth-order valence-electron chi connectivity index (χ4n) is 5.59. The molecule has 1 saturated carbocycles. The molecule has 10 nitrogen and oxygen atoms in total. The van der Waals surface area contributed by atoms with Gasteiger partial charge in [0.25, 0.3) is 5.91 Å². The van der Waals surface area contributed by atoms with Gasteiger partial charge in [-0.25, -0.2) is 4.98 Å². The molecule has 3 aliphatic rings. The zero-order chi connectivity index (χ0) is 29.0. The molecule has 2 aromatic carbocycles. The first kappa shape index (κ1) is 26.3. The second-order valence-corrected chi connectivity index (χ2v) is 11.5. The first-order valence-corrected chi connectivity index (χ1v) is 14.1. The van der Waals surface area contributed by atoms with Crippen LogP contribution < -0.4 is 9.64 Å². The molecule has 10 heteroatoms. The summed E-state index contributed by atoms with van der Waals surface area (Å²) in [5.74, 6) is 1.51. The van der Waals surface area contributed by atoms with Gasteiger partial charge in [0.1, 0.15) is 30.6 Å². The Morgan fingerprint density at radius 3 is 2.67 bits per heavy atom. The highest BCUT2D eigenvalue weighted by Crippen LogP contribution is 2.43. The number of aryl methyl sites for hydroxylation is 1. The highest BCUT2D eigenvalue weighted by atomic mass is 16.7. The third-order valence-corrected chi connectivity index (χ3v) is 7.90. The fourth-order valence-corrected chi connectivity index (χ4v) is 5.59. The van der Waals surface area contributed by atoms with Crippen molar-refractivity contribution in [3.05, 3.63) is 77.2 Å². The molecule has 1 aliphatic carbocycles. The number of rotatable bonds is 7. The molecule has 0 radical (unpaired) electrons. The number of benzene rings is 2. The predicted molar refractivity (Wildman–Crippen MR) is 154 cm³/mol. The molecular formula is C32H30N6O4. The van der Waals surface area contributed by atoms with Crippen molar-refractivity contribution >= 4 is 11.7 Å². The number of pyridine rings is 1. The lowest BCUT2D eigenvalue weighted by Gasteiger charge is -2.18. The molecule has 2 aliphatic heterocycles. The number of amides is 1. The van der Waals surface area contributed by atoms with Gasteiger partial charge in [-0.2, -0.15) is 5.26 Å². The minimum absolute atomic E-state index is 0.114. The molecule has 0 bridgehead atoms. The SMILES string of the molecule is Cn1cnnc1-c1cc(C#N)ccc1-c1cc(C2CC2)nc(N2Cc3ccc(OC[C@H]4COC(C)(C)O4)cc3C2=O)c1. The predicted octanol–water partition coefficient (Wildman–Crippen LogP) is 4.98. The summed E-state index contributed by atoms with van der Waals surface area (Å²) in [6.07, 6.45) is 3.61. The lowest BCUT2D eigenvalue weighted by atomic mass is 9.96. The maximum atomic E-state index is 13.7. The van der Waals surface area contributed by atoms with Crippen LogP contribution in [-0.4, -0.2) is 50.8 Å². The van der Waals surface area contributed by atoms with Crippen LogP contribution in [0.5, 0.6) is 5.75 Å². The molecule has 0 unspecified atom stereocenters. The van der Waals surface area contributed by atoms with Gasteiger partial charge in [0, 0.05) is 29.8 Å². The van der Waals surface area contributed by atoms with Gasteiger partial charge in [0.15, 0.2) is 11.6 Å². The van der Waals surface area contributed by atoms with Crippen LogP contribution >= 0.6 is 0 Å². The smallest absolute Gasteiger partial charge is 0.260 e. The van der Waals surface area contributed by atoms with Crippen LogP contribution in [-0.2, 0) is 23.1 Å². The average molecular weight is 563 g/mol. The number of carbonyl (C=O) groups excluding carboxylic acids is 1. The Bertz CT molecular complexity index is 1750. The lowest BCUT2D eigenvalue weighted by molar-refractivity contribution is -0.141. The van der Waals surface area contributed by atoms with E-state index in [9.17, 15) is 10.1 Å². The Balaban J connectivity index is 1.20. The molecule has 0 N–H and O–H groups in total. The van der Waals surface area contributed by atoms with E-state index in [1.54, 1.807) is 23.4 Å². The molecule has 4 aromatic rings. The summed E-state index contributed by atoms with van der Waals surface area (Å²) in [6.45, 7) is 4.99. The number of aromatic nitrogens is 4. The van der Waals surface area contributed by atoms with E-state index < -0.39 is 5.79 Å². The zero-order valence-corrected chi connectivity index (χ0v) is 23.7. The number of nitriles is 1. The summed E-state index contributed by atoms with van der Waals surface area (Å²) in [6, 6.07) is 17.5. The maximum Gasteiger partial charge on any atom is 0.260 e. The third-order valence-electron chi connectivity index (χ3n) is 7.90. The Morgan fingerprint density at radius 1 is 1.10 bits per heavy atom. The van der Waals surface area contributed by atoms with E-state index in [0.717, 1.165) is 40.8 Å². The van der Waals surface area contributed by atoms with E-state index in [1.165, 1.54) is 0 Å². The van der Waals surface area contributed by atoms with Crippen LogP contribution in [0.15, 0.2) is 54.9 Å². The van der Waals surface area contributed by atoms with Crippen LogP contribution in [0.25, 0.3) is 22.5 Å². The standard InChI is InChI=1S/C32H30N6O4/c1-32(2)41-17-24(42-32)16-40-23-8-7-21-15-38(31(39)26(21)13-23)29-12-22(11-28(35-29)20-5-6-20)25-9-4-19(14-33)10-27(25)30-36-34-18-37(30)3/h4,7-13,18,20,24H,5-6,15-17H2,1-3H3/t24-/m0/s1. The van der Waals surface area contributed by atoms with Crippen molar-refractivity contribution in [2.75, 3.05) is 18.1 Å². The minimum Gasteiger partial charge on any atom is -0.491 e. The summed E-state index contributed by atoms with van der Waals surface area (Å²) in [7, 11) is 1.87. The fraction of sp³-hybridized carbons (Fsp3) is 0.344. The van der Waals surface area contributed by atoms with Crippen molar-refractivity contribution in [2.45, 2.75) is 51.0 Å². The topological polar surface area (TPSA) is 115 Å². The monoisotopic (exact) mass is 562 g/mol. The normalized spacial score (nSPS) is 19.1. The van der Waals surface area contributed by atoms with E-state index in [-0.39, 0.29) is 12.0 Å². The van der Waals surface area contributed by atoms with Gasteiger partial charge in [-0.15, -0.1) is 10.2 Å². The molecule has 2 fully saturated rings. The lowest BCUT2D eigenvalue weighted by Crippen LogP contribution is -2.25. The van der Waals surface area contributed by atoms with E-state index in [0.29, 0.717) is 54.2 Å². The van der Waals surface area contributed by atoms with Crippen LogP contribution in [0.2, 0.25) is 0 Å². The number of nitrogens with zero attached hydrogens (tertiary/aromatic N) is 6. The Labute approximate surface area is 243 Å². The van der Waals surface area contributed by atoms with Crippen molar-refractivity contribution in [3.63, 3.8) is 0 Å². The molecule has 0 spiro atoms. The van der Waals surface area contributed by atoms with Crippen LogP contribution in [0.4, 0.5) is 5.82 Å². The van der Waals surface area contributed by atoms with Crippen LogP contribution in [0.3, 0.4) is 0 Å². The summed E-state index contributed by atoms with van der Waals surface area (Å²) in [5, 5.41) is 17.9. The zero-order valence-electron chi connectivity index (χ0n) is 23.7. The molecule has 1 atom stereocenters. The van der Waals surface area contributed by atoms with E-state index in [2.05, 4.69) is 22.3 Å². The molecule has 42 heavy (non-hydrogen) atoms. The van der Waals surface area contributed by atoms with Gasteiger partial charge in [-0.3, -0.25) is 9.69 Å². The summed E-state index contributed by atoms with van der Waals surface area (Å²) < 4.78 is 19.3. The molecule has 1 amide bonds. The summed E-state index contributed by atoms with van der Waals surface area (Å²) in [4.78, 5) is 20.4. The quantitative estimate of drug-likeness (QED) is 0.310. The van der Waals surface area contributed by atoms with E-state index in [4.69, 9.17) is 19.2 Å². The number of carbonyl (C=O) groups is 1. The van der Waals surface area contributed by atoms with Gasteiger partial charge in [-0.05, 0) is 79.8 Å². The number of hydrogen-bond acceptors (Lipinski definition) is 8. The van der Waals surface area contributed by atoms with Crippen LogP contribution in [0, 0.1) is 11.3 Å². The van der Waals surface area contributed by atoms with Crippen molar-refractivity contribution < 1.29 is 19.0 Å². The molecular weight excluding hydrogens is 532 g/mol. The Kier molecular flexibility index (Phi) is 6.30. The number of anilines is 1. The second kappa shape index (κ2) is 10.0. The van der Waals surface area contributed by atoms with Gasteiger partial charge in [0.05, 0.1) is 24.8 Å². The minimum atomic E-state index is -0.615. The summed E-state index contributed by atoms with van der Waals surface area (Å²) in [5.41, 5.74) is 5.64. The molecule has 1 saturated heterocycles. The number of ether oxygens (including phenoxy) is 3. The van der Waals surface area contributed by atoms with Crippen molar-refractivity contribution in [2.24, 2.45) is 7.05 Å². The summed E-state index contributed by atoms with van der Waals surface area (Å²) >= 11 is 0. The second-order valence-electron chi connectivity index (χ2n) is 11.5. The molecule has 7 rings (SSSR count). The largest absolute Gasteiger partial charge is 0.491 e. The number of fused-ring (bicyclic) bond motifs is 1. The van der Waals surface area contributed by atoms with Crippen LogP contribution in [0.1, 0.15) is 59.8 Å². The highest BCUT2D eigenvalue weighted by Gasteiger charge is 2.34. The molecule has 212 valence electrons. The van der Waals surface area contributed by atoms with Gasteiger partial charge in [-0.1, -0.05) is 12.1 Å². The third kappa shape index (κ3) is 4.91. The average Bonchev–Trinajstić information content (AvgIpc) is 3.55. The van der Waals surface area contributed by atoms with E-state index in [1.807, 2.05) is 55.8 Å². The maximum absolute atomic E-state index is 13.7. The van der Waals surface area contributed by atoms with Gasteiger partial charge >= 0.3 is 0 Å². The first-order valence-electron chi connectivity index (χ1n) is 14.1. The Morgan fingerprint density at radius 2 is 1.95 bits per heavy atom. The van der Waals surface area contributed by atoms with Gasteiger partial charge < -0.3 is 18.8 Å². The van der Waals surface area contributed by atoms with Crippen molar-refractivity contribution in [1.29, 1.82) is 5.26 Å². The van der Waals surface area contributed by atoms with Crippen molar-refractivity contribution in [1.82, 2.24) is 19.7 Å². The first-order chi connectivity index (χ1) is 20.3. The van der Waals surface area contributed by atoms with Crippen molar-refractivity contribution in [3.8, 4) is 34.3 Å². The Hall–Kier alpha value is -4.59. The van der Waals surface area contributed by atoms with E-state index >= 15 is 0 Å². The highest BCUT2D eigenvalue weighted by molar-refractivity contribution is 6.10. The molecule has 4 heterocycles. The van der Waals surface area contributed by atoms with Gasteiger partial charge in [0.2, 0.25) is 0 Å². The number of hydrogen-bond donors (Lipinski definition) is 0.